The summed E-state index contributed by atoms with van der Waals surface area (Å²) in [7, 11) is 0. The van der Waals surface area contributed by atoms with Gasteiger partial charge in [-0.15, -0.1) is 23.1 Å². The van der Waals surface area contributed by atoms with Gasteiger partial charge >= 0.3 is 0 Å². The van der Waals surface area contributed by atoms with Crippen molar-refractivity contribution in [1.82, 2.24) is 9.88 Å². The third-order valence-electron chi connectivity index (χ3n) is 5.19. The van der Waals surface area contributed by atoms with Gasteiger partial charge in [0.1, 0.15) is 0 Å². The van der Waals surface area contributed by atoms with E-state index in [1.54, 1.807) is 23.1 Å². The van der Waals surface area contributed by atoms with Crippen molar-refractivity contribution in [2.45, 2.75) is 11.7 Å². The van der Waals surface area contributed by atoms with E-state index < -0.39 is 0 Å². The minimum absolute atomic E-state index is 0.103. The number of nitrogens with zero attached hydrogens (tertiary/aromatic N) is 3. The van der Waals surface area contributed by atoms with Gasteiger partial charge in [0.15, 0.2) is 5.13 Å². The maximum Gasteiger partial charge on any atom is 0.232 e. The lowest BCUT2D eigenvalue weighted by Gasteiger charge is -2.23. The van der Waals surface area contributed by atoms with E-state index in [1.807, 2.05) is 46.8 Å². The fourth-order valence-electron chi connectivity index (χ4n) is 3.63. The van der Waals surface area contributed by atoms with Gasteiger partial charge in [-0.1, -0.05) is 54.1 Å². The summed E-state index contributed by atoms with van der Waals surface area (Å²) in [6.45, 7) is 3.33. The zero-order chi connectivity index (χ0) is 20.8. The number of carbonyl (C=O) groups is 1. The Morgan fingerprint density at radius 2 is 1.80 bits per heavy atom. The molecule has 0 radical (unpaired) electrons. The summed E-state index contributed by atoms with van der Waals surface area (Å²) in [4.78, 5) is 21.7. The zero-order valence-corrected chi connectivity index (χ0v) is 19.0. The first-order valence-corrected chi connectivity index (χ1v) is 12.4. The topological polar surface area (TPSA) is 36.4 Å². The van der Waals surface area contributed by atoms with E-state index in [0.717, 1.165) is 48.3 Å². The lowest BCUT2D eigenvalue weighted by molar-refractivity contribution is -0.128. The van der Waals surface area contributed by atoms with Crippen molar-refractivity contribution < 1.29 is 4.79 Å². The van der Waals surface area contributed by atoms with Crippen LogP contribution in [-0.2, 0) is 4.79 Å². The Bertz CT molecular complexity index is 935. The van der Waals surface area contributed by atoms with E-state index in [1.165, 1.54) is 5.56 Å². The van der Waals surface area contributed by atoms with Gasteiger partial charge in [0.05, 0.1) is 11.0 Å². The number of aromatic nitrogens is 1. The molecular formula is C23H24ClN3OS2. The molecular weight excluding hydrogens is 434 g/mol. The Kier molecular flexibility index (Phi) is 7.31. The molecule has 1 amide bonds. The number of hydrogen-bond donors (Lipinski definition) is 0. The van der Waals surface area contributed by atoms with Crippen molar-refractivity contribution in [3.05, 3.63) is 82.3 Å². The van der Waals surface area contributed by atoms with Crippen LogP contribution in [0.2, 0.25) is 5.02 Å². The van der Waals surface area contributed by atoms with Gasteiger partial charge in [-0.2, -0.15) is 0 Å². The van der Waals surface area contributed by atoms with E-state index >= 15 is 0 Å². The second kappa shape index (κ2) is 10.3. The predicted octanol–water partition coefficient (Wildman–Crippen LogP) is 5.36. The van der Waals surface area contributed by atoms with Crippen molar-refractivity contribution >= 4 is 45.7 Å². The lowest BCUT2D eigenvalue weighted by atomic mass is 10.0. The molecule has 1 saturated heterocycles. The molecule has 1 aliphatic rings. The number of thiazole rings is 1. The average Bonchev–Trinajstić information content (AvgIpc) is 3.20. The Morgan fingerprint density at radius 1 is 1.03 bits per heavy atom. The second-order valence-corrected chi connectivity index (χ2v) is 9.59. The van der Waals surface area contributed by atoms with Crippen LogP contribution in [0.15, 0.2) is 66.2 Å². The van der Waals surface area contributed by atoms with Crippen LogP contribution in [0.25, 0.3) is 0 Å². The van der Waals surface area contributed by atoms with E-state index in [-0.39, 0.29) is 11.2 Å². The zero-order valence-electron chi connectivity index (χ0n) is 16.6. The van der Waals surface area contributed by atoms with Gasteiger partial charge < -0.3 is 9.80 Å². The van der Waals surface area contributed by atoms with Crippen LogP contribution in [0.3, 0.4) is 0 Å². The minimum atomic E-state index is 0.103. The van der Waals surface area contributed by atoms with Crippen LogP contribution >= 0.6 is 34.7 Å². The van der Waals surface area contributed by atoms with Gasteiger partial charge in [0, 0.05) is 42.8 Å². The molecule has 2 aromatic carbocycles. The Balaban J connectivity index is 1.40. The number of thioether (sulfide) groups is 1. The summed E-state index contributed by atoms with van der Waals surface area (Å²) in [6, 6.07) is 18.3. The number of amides is 1. The molecule has 1 fully saturated rings. The van der Waals surface area contributed by atoms with Crippen LogP contribution < -0.4 is 4.90 Å². The van der Waals surface area contributed by atoms with E-state index in [4.69, 9.17) is 11.6 Å². The van der Waals surface area contributed by atoms with Gasteiger partial charge in [-0.05, 0) is 29.7 Å². The molecule has 30 heavy (non-hydrogen) atoms. The summed E-state index contributed by atoms with van der Waals surface area (Å²) >= 11 is 9.42. The van der Waals surface area contributed by atoms with Crippen LogP contribution in [0.5, 0.6) is 0 Å². The third kappa shape index (κ3) is 5.36. The Morgan fingerprint density at radius 3 is 2.53 bits per heavy atom. The fraction of sp³-hybridized carbons (Fsp3) is 0.304. The van der Waals surface area contributed by atoms with Crippen LogP contribution in [0.4, 0.5) is 5.13 Å². The molecule has 0 N–H and O–H groups in total. The van der Waals surface area contributed by atoms with E-state index in [0.29, 0.717) is 5.75 Å². The van der Waals surface area contributed by atoms with Gasteiger partial charge in [0.2, 0.25) is 5.91 Å². The van der Waals surface area contributed by atoms with Crippen LogP contribution in [-0.4, -0.2) is 47.7 Å². The predicted molar refractivity (Wildman–Crippen MR) is 128 cm³/mol. The Labute approximate surface area is 190 Å². The number of benzene rings is 2. The number of carbonyl (C=O) groups excluding carboxylic acids is 1. The summed E-state index contributed by atoms with van der Waals surface area (Å²) in [5, 5.41) is 3.87. The second-order valence-electron chi connectivity index (χ2n) is 7.19. The summed E-state index contributed by atoms with van der Waals surface area (Å²) in [5.74, 6) is 0.662. The van der Waals surface area contributed by atoms with E-state index in [2.05, 4.69) is 34.1 Å². The molecule has 0 bridgehead atoms. The van der Waals surface area contributed by atoms with Crippen molar-refractivity contribution in [3.8, 4) is 0 Å². The third-order valence-corrected chi connectivity index (χ3v) is 7.56. The quantitative estimate of drug-likeness (QED) is 0.499. The van der Waals surface area contributed by atoms with Gasteiger partial charge in [0.25, 0.3) is 0 Å². The monoisotopic (exact) mass is 457 g/mol. The first-order chi connectivity index (χ1) is 14.7. The minimum Gasteiger partial charge on any atom is -0.346 e. The highest BCUT2D eigenvalue weighted by Crippen LogP contribution is 2.36. The highest BCUT2D eigenvalue weighted by molar-refractivity contribution is 8.00. The maximum atomic E-state index is 13.0. The molecule has 0 aliphatic carbocycles. The number of rotatable bonds is 6. The molecule has 1 aliphatic heterocycles. The summed E-state index contributed by atoms with van der Waals surface area (Å²) in [6.07, 6.45) is 2.81. The van der Waals surface area contributed by atoms with Crippen molar-refractivity contribution in [1.29, 1.82) is 0 Å². The first-order valence-electron chi connectivity index (χ1n) is 10.0. The maximum absolute atomic E-state index is 13.0. The molecule has 2 heterocycles. The molecule has 4 rings (SSSR count). The average molecular weight is 458 g/mol. The summed E-state index contributed by atoms with van der Waals surface area (Å²) in [5.41, 5.74) is 2.36. The molecule has 1 unspecified atom stereocenters. The standard InChI is InChI=1S/C23H24ClN3OS2/c24-20-9-7-19(8-10-20)22(18-5-2-1-3-6-18)30-17-21(28)26-12-4-13-27(15-14-26)23-25-11-16-29-23/h1-3,5-11,16,22H,4,12-15,17H2. The van der Waals surface area contributed by atoms with Crippen molar-refractivity contribution in [2.24, 2.45) is 0 Å². The number of hydrogen-bond acceptors (Lipinski definition) is 5. The highest BCUT2D eigenvalue weighted by Gasteiger charge is 2.22. The molecule has 1 aromatic heterocycles. The smallest absolute Gasteiger partial charge is 0.232 e. The molecule has 4 nitrogen and oxygen atoms in total. The molecule has 1 atom stereocenters. The fourth-order valence-corrected chi connectivity index (χ4v) is 5.64. The molecule has 7 heteroatoms. The summed E-state index contributed by atoms with van der Waals surface area (Å²) < 4.78 is 0. The van der Waals surface area contributed by atoms with E-state index in [9.17, 15) is 4.79 Å². The highest BCUT2D eigenvalue weighted by atomic mass is 35.5. The number of anilines is 1. The molecule has 156 valence electrons. The van der Waals surface area contributed by atoms with Gasteiger partial charge in [-0.3, -0.25) is 4.79 Å². The van der Waals surface area contributed by atoms with Crippen LogP contribution in [0, 0.1) is 0 Å². The van der Waals surface area contributed by atoms with Crippen molar-refractivity contribution in [2.75, 3.05) is 36.8 Å². The molecule has 3 aromatic rings. The number of halogens is 1. The Hall–Kier alpha value is -2.02. The SMILES string of the molecule is O=C(CSC(c1ccccc1)c1ccc(Cl)cc1)N1CCCN(c2nccs2)CC1. The van der Waals surface area contributed by atoms with Crippen molar-refractivity contribution in [3.63, 3.8) is 0 Å². The molecule has 0 spiro atoms. The van der Waals surface area contributed by atoms with Crippen LogP contribution in [0.1, 0.15) is 22.8 Å². The molecule has 0 saturated carbocycles. The first kappa shape index (κ1) is 21.2. The lowest BCUT2D eigenvalue weighted by Crippen LogP contribution is -2.36. The largest absolute Gasteiger partial charge is 0.346 e. The normalized spacial score (nSPS) is 15.6. The van der Waals surface area contributed by atoms with Gasteiger partial charge in [-0.25, -0.2) is 4.98 Å².